The molecule has 29 heavy (non-hydrogen) atoms. The molecule has 2 aromatic rings. The number of carbonyl (C=O) groups excluding carboxylic acids is 2. The molecule has 2 amide bonds. The summed E-state index contributed by atoms with van der Waals surface area (Å²) in [6.07, 6.45) is -3.49. The Kier molecular flexibility index (Phi) is 7.05. The summed E-state index contributed by atoms with van der Waals surface area (Å²) in [6, 6.07) is 7.58. The number of anilines is 1. The molecule has 0 saturated carbocycles. The zero-order valence-electron chi connectivity index (χ0n) is 15.1. The van der Waals surface area contributed by atoms with Gasteiger partial charge in [-0.2, -0.15) is 18.3 Å². The predicted molar refractivity (Wildman–Crippen MR) is 100 cm³/mol. The zero-order chi connectivity index (χ0) is 21.6. The standard InChI is InChI=1S/C18H15ClF3N3O4/c1-28-12-4-6-15(29-2)10(7-12)9-23-25-17(27)16(26)24-11-3-5-14(19)13(8-11)18(20,21)22/h3-9H,1-2H3,(H,24,26)(H,25,27)/b23-9-. The molecule has 0 heterocycles. The number of rotatable bonds is 5. The lowest BCUT2D eigenvalue weighted by Gasteiger charge is -2.11. The summed E-state index contributed by atoms with van der Waals surface area (Å²) < 4.78 is 48.8. The van der Waals surface area contributed by atoms with Gasteiger partial charge in [-0.25, -0.2) is 5.43 Å². The summed E-state index contributed by atoms with van der Waals surface area (Å²) in [4.78, 5) is 23.7. The Morgan fingerprint density at radius 1 is 1.07 bits per heavy atom. The fraction of sp³-hybridized carbons (Fsp3) is 0.167. The van der Waals surface area contributed by atoms with Gasteiger partial charge < -0.3 is 14.8 Å². The Balaban J connectivity index is 2.05. The summed E-state index contributed by atoms with van der Waals surface area (Å²) in [5.74, 6) is -1.45. The fourth-order valence-electron chi connectivity index (χ4n) is 2.16. The van der Waals surface area contributed by atoms with Crippen LogP contribution in [0, 0.1) is 0 Å². The molecule has 11 heteroatoms. The number of ether oxygens (including phenoxy) is 2. The van der Waals surface area contributed by atoms with Gasteiger partial charge in [0.25, 0.3) is 0 Å². The second kappa shape index (κ2) is 9.28. The van der Waals surface area contributed by atoms with Crippen LogP contribution in [0.25, 0.3) is 0 Å². The first-order valence-electron chi connectivity index (χ1n) is 7.89. The number of alkyl halides is 3. The minimum atomic E-state index is -4.71. The van der Waals surface area contributed by atoms with Gasteiger partial charge in [0.1, 0.15) is 11.5 Å². The molecular weight excluding hydrogens is 415 g/mol. The SMILES string of the molecule is COc1ccc(OC)c(/C=N\NC(=O)C(=O)Nc2ccc(Cl)c(C(F)(F)F)c2)c1. The summed E-state index contributed by atoms with van der Waals surface area (Å²) in [5.41, 5.74) is 1.04. The van der Waals surface area contributed by atoms with E-state index in [-0.39, 0.29) is 5.69 Å². The largest absolute Gasteiger partial charge is 0.497 e. The maximum atomic E-state index is 12.9. The highest BCUT2D eigenvalue weighted by Crippen LogP contribution is 2.36. The maximum Gasteiger partial charge on any atom is 0.417 e. The molecule has 0 bridgehead atoms. The molecule has 2 N–H and O–H groups in total. The molecule has 0 saturated heterocycles. The first-order valence-corrected chi connectivity index (χ1v) is 8.26. The molecule has 7 nitrogen and oxygen atoms in total. The zero-order valence-corrected chi connectivity index (χ0v) is 15.9. The van der Waals surface area contributed by atoms with Gasteiger partial charge in [0, 0.05) is 11.3 Å². The first kappa shape index (κ1) is 22.0. The molecule has 0 unspecified atom stereocenters. The van der Waals surface area contributed by atoms with Gasteiger partial charge in [-0.3, -0.25) is 9.59 Å². The van der Waals surface area contributed by atoms with Crippen LogP contribution in [0.1, 0.15) is 11.1 Å². The molecule has 2 aromatic carbocycles. The minimum Gasteiger partial charge on any atom is -0.497 e. The molecule has 0 aliphatic rings. The third kappa shape index (κ3) is 5.85. The summed E-state index contributed by atoms with van der Waals surface area (Å²) in [7, 11) is 2.91. The third-order valence-corrected chi connectivity index (χ3v) is 3.87. The molecule has 0 radical (unpaired) electrons. The number of hydrazone groups is 1. The lowest BCUT2D eigenvalue weighted by atomic mass is 10.2. The van der Waals surface area contributed by atoms with Crippen molar-refractivity contribution >= 4 is 35.3 Å². The summed E-state index contributed by atoms with van der Waals surface area (Å²) in [5, 5.41) is 5.15. The van der Waals surface area contributed by atoms with Gasteiger partial charge in [-0.1, -0.05) is 11.6 Å². The summed E-state index contributed by atoms with van der Waals surface area (Å²) >= 11 is 5.50. The van der Waals surface area contributed by atoms with Crippen LogP contribution in [0.2, 0.25) is 5.02 Å². The van der Waals surface area contributed by atoms with Crippen molar-refractivity contribution in [2.24, 2.45) is 5.10 Å². The predicted octanol–water partition coefficient (Wildman–Crippen LogP) is 3.46. The molecule has 0 aromatic heterocycles. The second-order valence-corrected chi connectivity index (χ2v) is 5.86. The van der Waals surface area contributed by atoms with Gasteiger partial charge >= 0.3 is 18.0 Å². The van der Waals surface area contributed by atoms with E-state index in [1.807, 2.05) is 10.7 Å². The van der Waals surface area contributed by atoms with Crippen LogP contribution in [-0.2, 0) is 15.8 Å². The molecule has 0 atom stereocenters. The molecule has 2 rings (SSSR count). The number of halogens is 4. The monoisotopic (exact) mass is 429 g/mol. The van der Waals surface area contributed by atoms with E-state index in [4.69, 9.17) is 21.1 Å². The first-order chi connectivity index (χ1) is 13.7. The van der Waals surface area contributed by atoms with Gasteiger partial charge in [0.15, 0.2) is 0 Å². The smallest absolute Gasteiger partial charge is 0.417 e. The van der Waals surface area contributed by atoms with Crippen LogP contribution >= 0.6 is 11.6 Å². The number of amides is 2. The van der Waals surface area contributed by atoms with E-state index in [0.29, 0.717) is 23.1 Å². The van der Waals surface area contributed by atoms with E-state index >= 15 is 0 Å². The van der Waals surface area contributed by atoms with Crippen molar-refractivity contribution in [1.29, 1.82) is 0 Å². The maximum absolute atomic E-state index is 12.9. The lowest BCUT2D eigenvalue weighted by Crippen LogP contribution is -2.32. The van der Waals surface area contributed by atoms with E-state index in [0.717, 1.165) is 12.1 Å². The van der Waals surface area contributed by atoms with E-state index in [9.17, 15) is 22.8 Å². The number of hydrogen-bond acceptors (Lipinski definition) is 5. The number of hydrogen-bond donors (Lipinski definition) is 2. The Hall–Kier alpha value is -3.27. The average Bonchev–Trinajstić information content (AvgIpc) is 2.68. The van der Waals surface area contributed by atoms with Crippen molar-refractivity contribution in [3.8, 4) is 11.5 Å². The number of carbonyl (C=O) groups is 2. The quantitative estimate of drug-likeness (QED) is 0.433. The normalized spacial score (nSPS) is 11.2. The average molecular weight is 430 g/mol. The number of methoxy groups -OCH3 is 2. The molecule has 0 aliphatic heterocycles. The third-order valence-electron chi connectivity index (χ3n) is 3.54. The molecule has 0 spiro atoms. The Bertz CT molecular complexity index is 948. The Morgan fingerprint density at radius 3 is 2.41 bits per heavy atom. The van der Waals surface area contributed by atoms with Crippen LogP contribution < -0.4 is 20.2 Å². The Morgan fingerprint density at radius 2 is 1.79 bits per heavy atom. The molecule has 0 fully saturated rings. The molecule has 154 valence electrons. The molecular formula is C18H15ClF3N3O4. The number of nitrogens with one attached hydrogen (secondary N) is 2. The topological polar surface area (TPSA) is 89.0 Å². The number of nitrogens with zero attached hydrogens (tertiary/aromatic N) is 1. The highest BCUT2D eigenvalue weighted by Gasteiger charge is 2.33. The van der Waals surface area contributed by atoms with Crippen LogP contribution in [0.15, 0.2) is 41.5 Å². The van der Waals surface area contributed by atoms with Gasteiger partial charge in [-0.15, -0.1) is 0 Å². The second-order valence-electron chi connectivity index (χ2n) is 5.45. The van der Waals surface area contributed by atoms with Crippen LogP contribution in [-0.4, -0.2) is 32.2 Å². The van der Waals surface area contributed by atoms with Crippen molar-refractivity contribution in [3.05, 3.63) is 52.5 Å². The highest BCUT2D eigenvalue weighted by molar-refractivity contribution is 6.39. The molecule has 0 aliphatic carbocycles. The highest BCUT2D eigenvalue weighted by atomic mass is 35.5. The van der Waals surface area contributed by atoms with Gasteiger partial charge in [0.2, 0.25) is 0 Å². The van der Waals surface area contributed by atoms with E-state index in [2.05, 4.69) is 5.10 Å². The van der Waals surface area contributed by atoms with E-state index in [1.165, 1.54) is 20.4 Å². The van der Waals surface area contributed by atoms with Crippen LogP contribution in [0.3, 0.4) is 0 Å². The van der Waals surface area contributed by atoms with Crippen LogP contribution in [0.5, 0.6) is 11.5 Å². The van der Waals surface area contributed by atoms with Crippen molar-refractivity contribution < 1.29 is 32.2 Å². The lowest BCUT2D eigenvalue weighted by molar-refractivity contribution is -0.137. The van der Waals surface area contributed by atoms with E-state index < -0.39 is 28.6 Å². The van der Waals surface area contributed by atoms with Gasteiger partial charge in [0.05, 0.1) is 31.0 Å². The van der Waals surface area contributed by atoms with Crippen LogP contribution in [0.4, 0.5) is 18.9 Å². The minimum absolute atomic E-state index is 0.250. The van der Waals surface area contributed by atoms with Crippen molar-refractivity contribution in [2.45, 2.75) is 6.18 Å². The van der Waals surface area contributed by atoms with Crippen molar-refractivity contribution in [2.75, 3.05) is 19.5 Å². The van der Waals surface area contributed by atoms with Crippen molar-refractivity contribution in [1.82, 2.24) is 5.43 Å². The van der Waals surface area contributed by atoms with Gasteiger partial charge in [-0.05, 0) is 36.4 Å². The van der Waals surface area contributed by atoms with Crippen molar-refractivity contribution in [3.63, 3.8) is 0 Å². The number of benzene rings is 2. The Labute approximate surface area is 168 Å². The van der Waals surface area contributed by atoms with E-state index in [1.54, 1.807) is 18.2 Å². The summed E-state index contributed by atoms with van der Waals surface area (Å²) in [6.45, 7) is 0. The fourth-order valence-corrected chi connectivity index (χ4v) is 2.38.